The summed E-state index contributed by atoms with van der Waals surface area (Å²) in [5.74, 6) is -0.401. The lowest BCUT2D eigenvalue weighted by Gasteiger charge is -2.22. The van der Waals surface area contributed by atoms with Crippen LogP contribution in [0.3, 0.4) is 0 Å². The number of piperidine rings is 1. The lowest BCUT2D eigenvalue weighted by atomic mass is 10.1. The fourth-order valence-electron chi connectivity index (χ4n) is 2.99. The fraction of sp³-hybridized carbons (Fsp3) is 0.375. The number of aryl methyl sites for hydroxylation is 2. The number of benzene rings is 1. The van der Waals surface area contributed by atoms with Crippen LogP contribution in [-0.4, -0.2) is 22.4 Å². The van der Waals surface area contributed by atoms with Gasteiger partial charge in [0.1, 0.15) is 0 Å². The number of fused-ring (bicyclic) bond motifs is 1. The van der Waals surface area contributed by atoms with Crippen molar-refractivity contribution in [2.45, 2.75) is 32.4 Å². The largest absolute Gasteiger partial charge is 0.346 e. The minimum absolute atomic E-state index is 0.182. The molecule has 0 saturated carbocycles. The summed E-state index contributed by atoms with van der Waals surface area (Å²) in [5, 5.41) is 6.88. The molecular weight excluding hydrogens is 266 g/mol. The van der Waals surface area contributed by atoms with Crippen LogP contribution in [0.2, 0.25) is 0 Å². The SMILES string of the molecule is Cc1c(CNC2CCC(=O)NC2=O)n(C)c2ccccc12. The van der Waals surface area contributed by atoms with Crippen LogP contribution < -0.4 is 10.6 Å². The quantitative estimate of drug-likeness (QED) is 0.838. The molecule has 1 aromatic heterocycles. The van der Waals surface area contributed by atoms with Gasteiger partial charge in [-0.15, -0.1) is 0 Å². The lowest BCUT2D eigenvalue weighted by molar-refractivity contribution is -0.134. The van der Waals surface area contributed by atoms with E-state index in [1.807, 2.05) is 19.2 Å². The summed E-state index contributed by atoms with van der Waals surface area (Å²) in [4.78, 5) is 22.9. The Hall–Kier alpha value is -2.14. The van der Waals surface area contributed by atoms with Gasteiger partial charge in [-0.1, -0.05) is 18.2 Å². The van der Waals surface area contributed by atoms with E-state index in [0.29, 0.717) is 19.4 Å². The molecule has 1 aromatic carbocycles. The van der Waals surface area contributed by atoms with Crippen LogP contribution >= 0.6 is 0 Å². The summed E-state index contributed by atoms with van der Waals surface area (Å²) >= 11 is 0. The molecule has 2 heterocycles. The number of aromatic nitrogens is 1. The third-order valence-corrected chi connectivity index (χ3v) is 4.26. The fourth-order valence-corrected chi connectivity index (χ4v) is 2.99. The molecule has 2 aromatic rings. The third-order valence-electron chi connectivity index (χ3n) is 4.26. The van der Waals surface area contributed by atoms with Crippen LogP contribution in [0.25, 0.3) is 10.9 Å². The molecule has 5 nitrogen and oxygen atoms in total. The summed E-state index contributed by atoms with van der Waals surface area (Å²) in [6.45, 7) is 2.72. The van der Waals surface area contributed by atoms with E-state index >= 15 is 0 Å². The Morgan fingerprint density at radius 1 is 1.33 bits per heavy atom. The van der Waals surface area contributed by atoms with Gasteiger partial charge in [-0.25, -0.2) is 0 Å². The van der Waals surface area contributed by atoms with Crippen LogP contribution in [0.15, 0.2) is 24.3 Å². The molecule has 1 unspecified atom stereocenters. The van der Waals surface area contributed by atoms with Gasteiger partial charge in [-0.2, -0.15) is 0 Å². The Morgan fingerprint density at radius 3 is 2.81 bits per heavy atom. The Morgan fingerprint density at radius 2 is 2.10 bits per heavy atom. The molecule has 0 spiro atoms. The standard InChI is InChI=1S/C16H19N3O2/c1-10-11-5-3-4-6-13(11)19(2)14(10)9-17-12-7-8-15(20)18-16(12)21/h3-6,12,17H,7-9H2,1-2H3,(H,18,20,21). The van der Waals surface area contributed by atoms with E-state index in [1.165, 1.54) is 22.2 Å². The molecule has 1 aliphatic heterocycles. The molecule has 2 N–H and O–H groups in total. The van der Waals surface area contributed by atoms with E-state index in [1.54, 1.807) is 0 Å². The normalized spacial score (nSPS) is 19.0. The number of imide groups is 1. The molecule has 5 heteroatoms. The van der Waals surface area contributed by atoms with Crippen molar-refractivity contribution in [1.29, 1.82) is 0 Å². The van der Waals surface area contributed by atoms with E-state index in [0.717, 1.165) is 0 Å². The Kier molecular flexibility index (Phi) is 3.51. The van der Waals surface area contributed by atoms with Gasteiger partial charge in [-0.3, -0.25) is 14.9 Å². The first kappa shape index (κ1) is 13.8. The number of rotatable bonds is 3. The molecule has 1 atom stereocenters. The number of hydrogen-bond acceptors (Lipinski definition) is 3. The van der Waals surface area contributed by atoms with E-state index in [2.05, 4.69) is 34.3 Å². The minimum Gasteiger partial charge on any atom is -0.346 e. The molecule has 110 valence electrons. The molecular formula is C16H19N3O2. The van der Waals surface area contributed by atoms with Crippen molar-refractivity contribution in [3.8, 4) is 0 Å². The number of amides is 2. The first-order chi connectivity index (χ1) is 10.1. The number of carbonyl (C=O) groups excluding carboxylic acids is 2. The monoisotopic (exact) mass is 285 g/mol. The lowest BCUT2D eigenvalue weighted by Crippen LogP contribution is -2.50. The zero-order chi connectivity index (χ0) is 15.0. The summed E-state index contributed by atoms with van der Waals surface area (Å²) in [6, 6.07) is 7.98. The van der Waals surface area contributed by atoms with Gasteiger partial charge in [0.05, 0.1) is 6.04 Å². The van der Waals surface area contributed by atoms with Gasteiger partial charge >= 0.3 is 0 Å². The molecule has 0 aliphatic carbocycles. The van der Waals surface area contributed by atoms with Crippen molar-refractivity contribution >= 4 is 22.7 Å². The highest BCUT2D eigenvalue weighted by molar-refractivity contribution is 6.00. The third kappa shape index (κ3) is 2.45. The topological polar surface area (TPSA) is 63.1 Å². The first-order valence-corrected chi connectivity index (χ1v) is 7.18. The number of hydrogen-bond donors (Lipinski definition) is 2. The molecule has 1 saturated heterocycles. The molecule has 2 amide bonds. The highest BCUT2D eigenvalue weighted by Gasteiger charge is 2.26. The Balaban J connectivity index is 1.79. The highest BCUT2D eigenvalue weighted by atomic mass is 16.2. The molecule has 3 rings (SSSR count). The molecule has 1 aliphatic rings. The predicted octanol–water partition coefficient (Wildman–Crippen LogP) is 1.38. The molecule has 0 radical (unpaired) electrons. The Labute approximate surface area is 123 Å². The van der Waals surface area contributed by atoms with Gasteiger partial charge in [0.2, 0.25) is 11.8 Å². The maximum absolute atomic E-state index is 11.8. The van der Waals surface area contributed by atoms with Gasteiger partial charge < -0.3 is 9.88 Å². The molecule has 1 fully saturated rings. The smallest absolute Gasteiger partial charge is 0.243 e. The van der Waals surface area contributed by atoms with Crippen molar-refractivity contribution in [2.75, 3.05) is 0 Å². The predicted molar refractivity (Wildman–Crippen MR) is 80.7 cm³/mol. The van der Waals surface area contributed by atoms with Crippen LogP contribution in [-0.2, 0) is 23.2 Å². The Bertz CT molecular complexity index is 679. The number of carbonyl (C=O) groups is 2. The summed E-state index contributed by atoms with van der Waals surface area (Å²) in [7, 11) is 2.04. The maximum atomic E-state index is 11.8. The summed E-state index contributed by atoms with van der Waals surface area (Å²) < 4.78 is 2.16. The second-order valence-corrected chi connectivity index (χ2v) is 5.53. The average molecular weight is 285 g/mol. The zero-order valence-corrected chi connectivity index (χ0v) is 12.3. The number of nitrogens with zero attached hydrogens (tertiary/aromatic N) is 1. The number of para-hydroxylation sites is 1. The van der Waals surface area contributed by atoms with Crippen molar-refractivity contribution < 1.29 is 9.59 Å². The van der Waals surface area contributed by atoms with Crippen LogP contribution in [0.1, 0.15) is 24.1 Å². The van der Waals surface area contributed by atoms with Gasteiger partial charge in [-0.05, 0) is 25.0 Å². The van der Waals surface area contributed by atoms with E-state index < -0.39 is 0 Å². The van der Waals surface area contributed by atoms with Crippen molar-refractivity contribution in [3.63, 3.8) is 0 Å². The maximum Gasteiger partial charge on any atom is 0.243 e. The van der Waals surface area contributed by atoms with Gasteiger partial charge in [0, 0.05) is 36.6 Å². The van der Waals surface area contributed by atoms with E-state index in [9.17, 15) is 9.59 Å². The summed E-state index contributed by atoms with van der Waals surface area (Å²) in [5.41, 5.74) is 3.59. The second kappa shape index (κ2) is 5.33. The molecule has 0 bridgehead atoms. The summed E-state index contributed by atoms with van der Waals surface area (Å²) in [6.07, 6.45) is 0.963. The molecule has 21 heavy (non-hydrogen) atoms. The van der Waals surface area contributed by atoms with Gasteiger partial charge in [0.15, 0.2) is 0 Å². The first-order valence-electron chi connectivity index (χ1n) is 7.18. The number of nitrogens with one attached hydrogen (secondary N) is 2. The van der Waals surface area contributed by atoms with Crippen molar-refractivity contribution in [1.82, 2.24) is 15.2 Å². The van der Waals surface area contributed by atoms with Gasteiger partial charge in [0.25, 0.3) is 0 Å². The zero-order valence-electron chi connectivity index (χ0n) is 12.3. The van der Waals surface area contributed by atoms with E-state index in [-0.39, 0.29) is 17.9 Å². The second-order valence-electron chi connectivity index (χ2n) is 5.53. The van der Waals surface area contributed by atoms with Crippen molar-refractivity contribution in [2.24, 2.45) is 7.05 Å². The van der Waals surface area contributed by atoms with Crippen molar-refractivity contribution in [3.05, 3.63) is 35.5 Å². The van der Waals surface area contributed by atoms with E-state index in [4.69, 9.17) is 0 Å². The van der Waals surface area contributed by atoms with Crippen LogP contribution in [0.4, 0.5) is 0 Å². The average Bonchev–Trinajstić information content (AvgIpc) is 2.71. The minimum atomic E-state index is -0.292. The van der Waals surface area contributed by atoms with Crippen LogP contribution in [0, 0.1) is 6.92 Å². The highest BCUT2D eigenvalue weighted by Crippen LogP contribution is 2.24. The van der Waals surface area contributed by atoms with Crippen LogP contribution in [0.5, 0.6) is 0 Å².